The summed E-state index contributed by atoms with van der Waals surface area (Å²) < 4.78 is 30.8. The Morgan fingerprint density at radius 3 is 2.37 bits per heavy atom. The van der Waals surface area contributed by atoms with E-state index in [1.165, 1.54) is 24.3 Å². The number of halogens is 1. The van der Waals surface area contributed by atoms with Crippen LogP contribution in [0, 0.1) is 5.82 Å². The molecule has 148 valence electrons. The van der Waals surface area contributed by atoms with Crippen molar-refractivity contribution in [3.8, 4) is 0 Å². The summed E-state index contributed by atoms with van der Waals surface area (Å²) in [5, 5.41) is 2.86. The van der Waals surface area contributed by atoms with Crippen LogP contribution in [0.25, 0.3) is 0 Å². The zero-order valence-corrected chi connectivity index (χ0v) is 16.7. The zero-order chi connectivity index (χ0) is 19.6. The maximum Gasteiger partial charge on any atom is 0.287 e. The van der Waals surface area contributed by atoms with Gasteiger partial charge in [-0.25, -0.2) is 4.39 Å². The van der Waals surface area contributed by atoms with E-state index in [9.17, 15) is 13.4 Å². The lowest BCUT2D eigenvalue weighted by Gasteiger charge is -2.20. The van der Waals surface area contributed by atoms with E-state index in [1.54, 1.807) is 12.1 Å². The largest absolute Gasteiger partial charge is 0.455 e. The molecule has 0 saturated heterocycles. The fraction of sp³-hybridized carbons (Fsp3) is 0.450. The second kappa shape index (κ2) is 11.0. The Balaban J connectivity index is 1.84. The van der Waals surface area contributed by atoms with Crippen LogP contribution < -0.4 is 5.32 Å². The first-order valence-electron chi connectivity index (χ1n) is 9.26. The Morgan fingerprint density at radius 1 is 1.07 bits per heavy atom. The van der Waals surface area contributed by atoms with E-state index >= 15 is 0 Å². The number of carbonyl (C=O) groups is 1. The van der Waals surface area contributed by atoms with Crippen LogP contribution in [-0.4, -0.2) is 41.2 Å². The van der Waals surface area contributed by atoms with Crippen LogP contribution in [0.4, 0.5) is 4.39 Å². The summed E-state index contributed by atoms with van der Waals surface area (Å²) in [7, 11) is -1.36. The van der Waals surface area contributed by atoms with E-state index in [0.29, 0.717) is 17.2 Å². The summed E-state index contributed by atoms with van der Waals surface area (Å²) in [5.41, 5.74) is 0. The molecule has 0 aliphatic carbocycles. The van der Waals surface area contributed by atoms with Crippen molar-refractivity contribution >= 4 is 16.7 Å². The lowest BCUT2D eigenvalue weighted by Crippen LogP contribution is -2.35. The van der Waals surface area contributed by atoms with Crippen LogP contribution >= 0.6 is 0 Å². The average molecular weight is 395 g/mol. The van der Waals surface area contributed by atoms with E-state index < -0.39 is 10.8 Å². The molecule has 1 aromatic carbocycles. The smallest absolute Gasteiger partial charge is 0.287 e. The minimum absolute atomic E-state index is 0.139. The molecule has 1 unspecified atom stereocenters. The predicted octanol–water partition coefficient (Wildman–Crippen LogP) is 3.58. The summed E-state index contributed by atoms with van der Waals surface area (Å²) in [4.78, 5) is 15.0. The first-order chi connectivity index (χ1) is 13.0. The van der Waals surface area contributed by atoms with Crippen LogP contribution in [0.5, 0.6) is 0 Å². The molecule has 0 bridgehead atoms. The standard InChI is InChI=1S/C20H27FN2O3S/c1-3-12-23(13-4-2)14-11-22-20(24)19-10-7-17(26-19)15-27(25)18-8-5-16(21)6-9-18/h5-10H,3-4,11-15H2,1-2H3,(H,22,24). The van der Waals surface area contributed by atoms with E-state index in [2.05, 4.69) is 24.1 Å². The van der Waals surface area contributed by atoms with Crippen molar-refractivity contribution in [3.63, 3.8) is 0 Å². The third-order valence-corrected chi connectivity index (χ3v) is 5.37. The number of nitrogens with zero attached hydrogens (tertiary/aromatic N) is 1. The van der Waals surface area contributed by atoms with Gasteiger partial charge in [0.25, 0.3) is 5.91 Å². The van der Waals surface area contributed by atoms with Crippen LogP contribution in [0.1, 0.15) is 43.0 Å². The third kappa shape index (κ3) is 6.92. The van der Waals surface area contributed by atoms with Crippen molar-refractivity contribution in [2.75, 3.05) is 26.2 Å². The van der Waals surface area contributed by atoms with Gasteiger partial charge in [0.2, 0.25) is 0 Å². The summed E-state index contributed by atoms with van der Waals surface area (Å²) >= 11 is 0. The highest BCUT2D eigenvalue weighted by atomic mass is 32.2. The highest BCUT2D eigenvalue weighted by Gasteiger charge is 2.14. The molecule has 2 rings (SSSR count). The monoisotopic (exact) mass is 394 g/mol. The lowest BCUT2D eigenvalue weighted by atomic mass is 10.3. The molecule has 0 saturated carbocycles. The summed E-state index contributed by atoms with van der Waals surface area (Å²) in [5.74, 6) is 0.158. The second-order valence-corrected chi connectivity index (χ2v) is 7.76. The third-order valence-electron chi connectivity index (χ3n) is 4.03. The van der Waals surface area contributed by atoms with Crippen molar-refractivity contribution in [3.05, 3.63) is 53.7 Å². The van der Waals surface area contributed by atoms with Crippen LogP contribution in [0.15, 0.2) is 45.7 Å². The van der Waals surface area contributed by atoms with E-state index in [1.807, 2.05) is 0 Å². The van der Waals surface area contributed by atoms with Gasteiger partial charge in [0.15, 0.2) is 5.76 Å². The number of hydrogen-bond donors (Lipinski definition) is 1. The minimum Gasteiger partial charge on any atom is -0.455 e. The second-order valence-electron chi connectivity index (χ2n) is 6.31. The van der Waals surface area contributed by atoms with Crippen molar-refractivity contribution in [1.29, 1.82) is 0 Å². The van der Waals surface area contributed by atoms with Gasteiger partial charge in [-0.1, -0.05) is 13.8 Å². The van der Waals surface area contributed by atoms with Gasteiger partial charge in [-0.05, 0) is 62.3 Å². The van der Waals surface area contributed by atoms with Gasteiger partial charge in [-0.3, -0.25) is 9.00 Å². The number of amides is 1. The lowest BCUT2D eigenvalue weighted by molar-refractivity contribution is 0.0919. The van der Waals surface area contributed by atoms with Crippen molar-refractivity contribution in [1.82, 2.24) is 10.2 Å². The fourth-order valence-corrected chi connectivity index (χ4v) is 3.78. The first kappa shape index (κ1) is 21.3. The predicted molar refractivity (Wildman–Crippen MR) is 105 cm³/mol. The van der Waals surface area contributed by atoms with Gasteiger partial charge < -0.3 is 14.6 Å². The molecule has 2 aromatic rings. The Kier molecular flexibility index (Phi) is 8.67. The topological polar surface area (TPSA) is 62.6 Å². The van der Waals surface area contributed by atoms with Crippen molar-refractivity contribution in [2.45, 2.75) is 37.3 Å². The molecule has 0 aliphatic rings. The normalized spacial score (nSPS) is 12.3. The van der Waals surface area contributed by atoms with Gasteiger partial charge in [-0.2, -0.15) is 0 Å². The molecule has 5 nitrogen and oxygen atoms in total. The number of furan rings is 1. The molecule has 0 spiro atoms. The number of rotatable bonds is 11. The van der Waals surface area contributed by atoms with Crippen LogP contribution in [0.2, 0.25) is 0 Å². The average Bonchev–Trinajstić information content (AvgIpc) is 3.11. The summed E-state index contributed by atoms with van der Waals surface area (Å²) in [6.45, 7) is 7.67. The quantitative estimate of drug-likeness (QED) is 0.633. The molecule has 7 heteroatoms. The highest BCUT2D eigenvalue weighted by Crippen LogP contribution is 2.15. The van der Waals surface area contributed by atoms with E-state index in [-0.39, 0.29) is 23.2 Å². The Labute approximate surface area is 162 Å². The minimum atomic E-state index is -1.36. The summed E-state index contributed by atoms with van der Waals surface area (Å²) in [6.07, 6.45) is 2.17. The number of hydrogen-bond acceptors (Lipinski definition) is 4. The number of carbonyl (C=O) groups excluding carboxylic acids is 1. The molecular formula is C20H27FN2O3S. The number of benzene rings is 1. The van der Waals surface area contributed by atoms with Crippen molar-refractivity contribution in [2.24, 2.45) is 0 Å². The molecule has 0 radical (unpaired) electrons. The Hall–Kier alpha value is -1.99. The zero-order valence-electron chi connectivity index (χ0n) is 15.9. The molecule has 1 atom stereocenters. The SMILES string of the molecule is CCCN(CCC)CCNC(=O)c1ccc(CS(=O)c2ccc(F)cc2)o1. The molecule has 27 heavy (non-hydrogen) atoms. The van der Waals surface area contributed by atoms with E-state index in [4.69, 9.17) is 4.42 Å². The molecule has 0 fully saturated rings. The maximum absolute atomic E-state index is 12.9. The molecule has 1 aromatic heterocycles. The fourth-order valence-electron chi connectivity index (χ4n) is 2.76. The summed E-state index contributed by atoms with van der Waals surface area (Å²) in [6, 6.07) is 8.75. The maximum atomic E-state index is 12.9. The number of nitrogens with one attached hydrogen (secondary N) is 1. The highest BCUT2D eigenvalue weighted by molar-refractivity contribution is 7.84. The van der Waals surface area contributed by atoms with Crippen LogP contribution in [0.3, 0.4) is 0 Å². The van der Waals surface area contributed by atoms with Gasteiger partial charge in [-0.15, -0.1) is 0 Å². The van der Waals surface area contributed by atoms with Gasteiger partial charge in [0.05, 0.1) is 16.6 Å². The Bertz CT molecular complexity index is 740. The molecular weight excluding hydrogens is 367 g/mol. The van der Waals surface area contributed by atoms with E-state index in [0.717, 1.165) is 32.5 Å². The van der Waals surface area contributed by atoms with Gasteiger partial charge in [0, 0.05) is 18.0 Å². The molecule has 1 N–H and O–H groups in total. The van der Waals surface area contributed by atoms with Crippen molar-refractivity contribution < 1.29 is 17.8 Å². The molecule has 0 aliphatic heterocycles. The van der Waals surface area contributed by atoms with Gasteiger partial charge >= 0.3 is 0 Å². The molecule has 1 heterocycles. The Morgan fingerprint density at radius 2 is 1.74 bits per heavy atom. The van der Waals surface area contributed by atoms with Gasteiger partial charge in [0.1, 0.15) is 11.6 Å². The van der Waals surface area contributed by atoms with Crippen LogP contribution in [-0.2, 0) is 16.6 Å². The first-order valence-corrected chi connectivity index (χ1v) is 10.6. The molecule has 1 amide bonds.